The smallest absolute Gasteiger partial charge is 0.243 e. The van der Waals surface area contributed by atoms with Crippen molar-refractivity contribution < 1.29 is 4.79 Å². The van der Waals surface area contributed by atoms with Crippen molar-refractivity contribution in [2.75, 3.05) is 20.1 Å². The van der Waals surface area contributed by atoms with Crippen molar-refractivity contribution in [2.45, 2.75) is 13.5 Å². The second kappa shape index (κ2) is 7.63. The minimum Gasteiger partial charge on any atom is -0.351 e. The third-order valence-electron chi connectivity index (χ3n) is 2.41. The summed E-state index contributed by atoms with van der Waals surface area (Å²) in [6.45, 7) is 4.26. The lowest BCUT2D eigenvalue weighted by molar-refractivity contribution is -0.116. The fourth-order valence-corrected chi connectivity index (χ4v) is 1.55. The van der Waals surface area contributed by atoms with Crippen LogP contribution in [0.2, 0.25) is 0 Å². The molecule has 0 bridgehead atoms. The number of hydrogen-bond acceptors (Lipinski definition) is 2. The summed E-state index contributed by atoms with van der Waals surface area (Å²) in [6, 6.07) is 10.3. The van der Waals surface area contributed by atoms with E-state index in [0.717, 1.165) is 13.1 Å². The number of rotatable bonds is 6. The summed E-state index contributed by atoms with van der Waals surface area (Å²) in [6.07, 6.45) is 3.28. The van der Waals surface area contributed by atoms with Crippen molar-refractivity contribution in [3.63, 3.8) is 0 Å². The van der Waals surface area contributed by atoms with Gasteiger partial charge in [0.2, 0.25) is 5.91 Å². The van der Waals surface area contributed by atoms with E-state index in [1.54, 1.807) is 6.08 Å². The molecule has 0 aliphatic carbocycles. The first-order valence-electron chi connectivity index (χ1n) is 5.85. The van der Waals surface area contributed by atoms with E-state index in [9.17, 15) is 4.79 Å². The highest BCUT2D eigenvalue weighted by Crippen LogP contribution is 2.01. The Morgan fingerprint density at radius 1 is 1.35 bits per heavy atom. The molecule has 0 heterocycles. The number of nitrogens with zero attached hydrogens (tertiary/aromatic N) is 1. The van der Waals surface area contributed by atoms with Crippen molar-refractivity contribution in [3.8, 4) is 0 Å². The molecule has 1 rings (SSSR count). The predicted octanol–water partition coefficient (Wildman–Crippen LogP) is 1.81. The van der Waals surface area contributed by atoms with Gasteiger partial charge in [-0.3, -0.25) is 4.79 Å². The van der Waals surface area contributed by atoms with Gasteiger partial charge in [-0.1, -0.05) is 36.4 Å². The maximum absolute atomic E-state index is 11.2. The molecule has 0 atom stereocenters. The molecule has 0 aliphatic heterocycles. The van der Waals surface area contributed by atoms with E-state index in [4.69, 9.17) is 0 Å². The number of nitrogens with one attached hydrogen (secondary N) is 1. The Hall–Kier alpha value is -1.61. The Morgan fingerprint density at radius 2 is 2.06 bits per heavy atom. The Morgan fingerprint density at radius 3 is 2.71 bits per heavy atom. The van der Waals surface area contributed by atoms with Crippen LogP contribution < -0.4 is 5.32 Å². The maximum atomic E-state index is 11.2. The summed E-state index contributed by atoms with van der Waals surface area (Å²) >= 11 is 0. The van der Waals surface area contributed by atoms with Gasteiger partial charge in [-0.15, -0.1) is 0 Å². The summed E-state index contributed by atoms with van der Waals surface area (Å²) in [5, 5.41) is 2.83. The fourth-order valence-electron chi connectivity index (χ4n) is 1.55. The van der Waals surface area contributed by atoms with Crippen molar-refractivity contribution in [1.82, 2.24) is 10.2 Å². The van der Waals surface area contributed by atoms with Crippen LogP contribution in [0.5, 0.6) is 0 Å². The zero-order valence-electron chi connectivity index (χ0n) is 10.5. The number of allylic oxidation sites excluding steroid dienone is 1. The normalized spacial score (nSPS) is 11.0. The van der Waals surface area contributed by atoms with Crippen LogP contribution >= 0.6 is 0 Å². The van der Waals surface area contributed by atoms with Gasteiger partial charge in [-0.25, -0.2) is 0 Å². The third-order valence-corrected chi connectivity index (χ3v) is 2.41. The molecule has 0 aromatic heterocycles. The van der Waals surface area contributed by atoms with Crippen molar-refractivity contribution in [3.05, 3.63) is 48.0 Å². The van der Waals surface area contributed by atoms with Gasteiger partial charge in [-0.2, -0.15) is 0 Å². The lowest BCUT2D eigenvalue weighted by Gasteiger charge is -2.16. The zero-order chi connectivity index (χ0) is 12.5. The summed E-state index contributed by atoms with van der Waals surface area (Å²) in [4.78, 5) is 13.4. The van der Waals surface area contributed by atoms with Crippen LogP contribution in [-0.2, 0) is 11.3 Å². The Bertz CT molecular complexity index is 360. The van der Waals surface area contributed by atoms with Crippen LogP contribution in [0.15, 0.2) is 42.5 Å². The zero-order valence-corrected chi connectivity index (χ0v) is 10.5. The van der Waals surface area contributed by atoms with E-state index < -0.39 is 0 Å². The number of carbonyl (C=O) groups excluding carboxylic acids is 1. The number of carbonyl (C=O) groups is 1. The van der Waals surface area contributed by atoms with Gasteiger partial charge in [0.15, 0.2) is 0 Å². The first kappa shape index (κ1) is 13.5. The minimum absolute atomic E-state index is 0.0272. The van der Waals surface area contributed by atoms with E-state index in [-0.39, 0.29) is 5.91 Å². The van der Waals surface area contributed by atoms with Crippen LogP contribution in [0.25, 0.3) is 0 Å². The molecule has 0 aliphatic rings. The van der Waals surface area contributed by atoms with Gasteiger partial charge in [0.05, 0.1) is 0 Å². The fraction of sp³-hybridized carbons (Fsp3) is 0.357. The van der Waals surface area contributed by atoms with Crippen molar-refractivity contribution in [2.24, 2.45) is 0 Å². The van der Waals surface area contributed by atoms with Crippen LogP contribution in [-0.4, -0.2) is 30.9 Å². The summed E-state index contributed by atoms with van der Waals surface area (Å²) < 4.78 is 0. The number of hydrogen-bond donors (Lipinski definition) is 1. The second-order valence-electron chi connectivity index (χ2n) is 4.01. The molecular formula is C14H20N2O. The number of likely N-dealkylation sites (N-methyl/N-ethyl adjacent to an activating group) is 1. The van der Waals surface area contributed by atoms with E-state index in [2.05, 4.69) is 29.4 Å². The number of benzene rings is 1. The molecule has 1 aromatic carbocycles. The molecule has 1 aromatic rings. The molecule has 0 fully saturated rings. The third kappa shape index (κ3) is 5.88. The highest BCUT2D eigenvalue weighted by atomic mass is 16.1. The minimum atomic E-state index is -0.0272. The number of amides is 1. The topological polar surface area (TPSA) is 32.3 Å². The van der Waals surface area contributed by atoms with Gasteiger partial charge in [-0.05, 0) is 25.6 Å². The Balaban J connectivity index is 2.22. The van der Waals surface area contributed by atoms with Gasteiger partial charge in [0, 0.05) is 19.6 Å². The lowest BCUT2D eigenvalue weighted by atomic mass is 10.2. The first-order chi connectivity index (χ1) is 8.22. The molecular weight excluding hydrogens is 212 g/mol. The van der Waals surface area contributed by atoms with E-state index in [1.165, 1.54) is 11.6 Å². The summed E-state index contributed by atoms with van der Waals surface area (Å²) in [7, 11) is 2.05. The van der Waals surface area contributed by atoms with Crippen molar-refractivity contribution in [1.29, 1.82) is 0 Å². The quantitative estimate of drug-likeness (QED) is 0.759. The molecule has 0 radical (unpaired) electrons. The molecule has 0 spiro atoms. The molecule has 3 heteroatoms. The average Bonchev–Trinajstić information content (AvgIpc) is 2.30. The first-order valence-corrected chi connectivity index (χ1v) is 5.85. The van der Waals surface area contributed by atoms with Crippen molar-refractivity contribution >= 4 is 5.91 Å². The monoisotopic (exact) mass is 232 g/mol. The Labute approximate surface area is 103 Å². The van der Waals surface area contributed by atoms with Crippen LogP contribution in [0.1, 0.15) is 12.5 Å². The van der Waals surface area contributed by atoms with Crippen LogP contribution in [0.3, 0.4) is 0 Å². The molecule has 1 amide bonds. The average molecular weight is 232 g/mol. The van der Waals surface area contributed by atoms with Gasteiger partial charge in [0.25, 0.3) is 0 Å². The molecule has 0 saturated heterocycles. The van der Waals surface area contributed by atoms with Gasteiger partial charge in [0.1, 0.15) is 0 Å². The van der Waals surface area contributed by atoms with Gasteiger partial charge < -0.3 is 10.2 Å². The predicted molar refractivity (Wildman–Crippen MR) is 70.6 cm³/mol. The highest BCUT2D eigenvalue weighted by molar-refractivity contribution is 5.87. The SMILES string of the molecule is C/C=C/C(=O)NCCN(C)Cc1ccccc1. The lowest BCUT2D eigenvalue weighted by Crippen LogP contribution is -2.31. The van der Waals surface area contributed by atoms with E-state index >= 15 is 0 Å². The van der Waals surface area contributed by atoms with E-state index in [1.807, 2.05) is 25.1 Å². The summed E-state index contributed by atoms with van der Waals surface area (Å²) in [5.74, 6) is -0.0272. The Kier molecular flexibility index (Phi) is 6.04. The van der Waals surface area contributed by atoms with Crippen LogP contribution in [0, 0.1) is 0 Å². The molecule has 92 valence electrons. The van der Waals surface area contributed by atoms with Crippen LogP contribution in [0.4, 0.5) is 0 Å². The highest BCUT2D eigenvalue weighted by Gasteiger charge is 2.00. The maximum Gasteiger partial charge on any atom is 0.243 e. The molecule has 0 saturated carbocycles. The largest absolute Gasteiger partial charge is 0.351 e. The van der Waals surface area contributed by atoms with Gasteiger partial charge >= 0.3 is 0 Å². The standard InChI is InChI=1S/C14H20N2O/c1-3-7-14(17)15-10-11-16(2)12-13-8-5-4-6-9-13/h3-9H,10-12H2,1-2H3,(H,15,17)/b7-3+. The molecule has 1 N–H and O–H groups in total. The molecule has 3 nitrogen and oxygen atoms in total. The summed E-state index contributed by atoms with van der Waals surface area (Å²) in [5.41, 5.74) is 1.29. The molecule has 0 unspecified atom stereocenters. The molecule has 17 heavy (non-hydrogen) atoms. The second-order valence-corrected chi connectivity index (χ2v) is 4.01. The van der Waals surface area contributed by atoms with E-state index in [0.29, 0.717) is 6.54 Å².